The van der Waals surface area contributed by atoms with Gasteiger partial charge in [-0.1, -0.05) is 85.8 Å². The maximum Gasteiger partial charge on any atom is 0.124 e. The first kappa shape index (κ1) is 17.9. The van der Waals surface area contributed by atoms with Crippen LogP contribution in [0.25, 0.3) is 33.4 Å². The molecule has 0 atom stereocenters. The zero-order valence-corrected chi connectivity index (χ0v) is 15.8. The monoisotopic (exact) mass is 366 g/mol. The van der Waals surface area contributed by atoms with E-state index in [0.717, 1.165) is 34.2 Å². The van der Waals surface area contributed by atoms with Crippen LogP contribution in [0.1, 0.15) is 12.5 Å². The van der Waals surface area contributed by atoms with Crippen LogP contribution < -0.4 is 0 Å². The van der Waals surface area contributed by atoms with Crippen LogP contribution in [-0.4, -0.2) is 10.2 Å². The van der Waals surface area contributed by atoms with Gasteiger partial charge in [0.1, 0.15) is 11.5 Å². The van der Waals surface area contributed by atoms with Crippen molar-refractivity contribution in [2.45, 2.75) is 13.3 Å². The number of hydrogen-bond donors (Lipinski definition) is 2. The van der Waals surface area contributed by atoms with Crippen LogP contribution >= 0.6 is 0 Å². The van der Waals surface area contributed by atoms with Crippen molar-refractivity contribution in [3.8, 4) is 44.9 Å². The van der Waals surface area contributed by atoms with E-state index in [2.05, 4.69) is 31.2 Å². The average molecular weight is 366 g/mol. The van der Waals surface area contributed by atoms with E-state index >= 15 is 0 Å². The van der Waals surface area contributed by atoms with E-state index in [9.17, 15) is 10.2 Å². The summed E-state index contributed by atoms with van der Waals surface area (Å²) in [5.74, 6) is 0.343. The summed E-state index contributed by atoms with van der Waals surface area (Å²) in [6.07, 6.45) is 0.724. The van der Waals surface area contributed by atoms with E-state index in [4.69, 9.17) is 0 Å². The molecule has 4 aromatic carbocycles. The van der Waals surface area contributed by atoms with Crippen LogP contribution in [0.2, 0.25) is 0 Å². The Hall–Kier alpha value is -3.52. The Kier molecular flexibility index (Phi) is 4.86. The number of para-hydroxylation sites is 1. The molecule has 2 heteroatoms. The summed E-state index contributed by atoms with van der Waals surface area (Å²) in [7, 11) is 0. The highest BCUT2D eigenvalue weighted by molar-refractivity contribution is 5.94. The lowest BCUT2D eigenvalue weighted by atomic mass is 9.84. The van der Waals surface area contributed by atoms with Crippen molar-refractivity contribution in [2.75, 3.05) is 0 Å². The molecule has 0 aromatic heterocycles. The van der Waals surface area contributed by atoms with Crippen molar-refractivity contribution in [3.05, 3.63) is 96.6 Å². The Labute approximate surface area is 165 Å². The SMILES string of the molecule is CCc1c(-c2ccccc2O)c(O)cc(-c2ccccc2)c1-c1ccccc1. The van der Waals surface area contributed by atoms with Crippen molar-refractivity contribution >= 4 is 0 Å². The summed E-state index contributed by atoms with van der Waals surface area (Å²) in [5.41, 5.74) is 6.58. The molecule has 0 unspecified atom stereocenters. The summed E-state index contributed by atoms with van der Waals surface area (Å²) in [4.78, 5) is 0. The first-order chi connectivity index (χ1) is 13.7. The molecule has 0 spiro atoms. The lowest BCUT2D eigenvalue weighted by Crippen LogP contribution is -1.97. The topological polar surface area (TPSA) is 40.5 Å². The van der Waals surface area contributed by atoms with E-state index < -0.39 is 0 Å². The summed E-state index contributed by atoms with van der Waals surface area (Å²) >= 11 is 0. The first-order valence-corrected chi connectivity index (χ1v) is 9.48. The summed E-state index contributed by atoms with van der Waals surface area (Å²) < 4.78 is 0. The Bertz CT molecular complexity index is 1100. The van der Waals surface area contributed by atoms with Gasteiger partial charge in [-0.2, -0.15) is 0 Å². The third-order valence-electron chi connectivity index (χ3n) is 5.08. The zero-order valence-electron chi connectivity index (χ0n) is 15.8. The highest BCUT2D eigenvalue weighted by atomic mass is 16.3. The summed E-state index contributed by atoms with van der Waals surface area (Å²) in [5, 5.41) is 21.4. The molecule has 0 aliphatic carbocycles. The fraction of sp³-hybridized carbons (Fsp3) is 0.0769. The van der Waals surface area contributed by atoms with Gasteiger partial charge < -0.3 is 10.2 Å². The fourth-order valence-corrected chi connectivity index (χ4v) is 3.84. The molecule has 0 heterocycles. The standard InChI is InChI=1S/C26H22O2/c1-2-20-25(19-13-7-4-8-14-19)22(18-11-5-3-6-12-18)17-24(28)26(20)21-15-9-10-16-23(21)27/h3-17,27-28H,2H2,1H3. The van der Waals surface area contributed by atoms with Crippen LogP contribution in [-0.2, 0) is 6.42 Å². The van der Waals surface area contributed by atoms with Crippen molar-refractivity contribution < 1.29 is 10.2 Å². The quantitative estimate of drug-likeness (QED) is 0.424. The van der Waals surface area contributed by atoms with Gasteiger partial charge in [-0.15, -0.1) is 0 Å². The third kappa shape index (κ3) is 3.14. The minimum Gasteiger partial charge on any atom is -0.507 e. The predicted molar refractivity (Wildman–Crippen MR) is 115 cm³/mol. The van der Waals surface area contributed by atoms with Crippen molar-refractivity contribution in [3.63, 3.8) is 0 Å². The normalized spacial score (nSPS) is 10.8. The minimum atomic E-state index is 0.166. The molecule has 0 saturated heterocycles. The molecule has 0 aliphatic rings. The third-order valence-corrected chi connectivity index (χ3v) is 5.08. The largest absolute Gasteiger partial charge is 0.507 e. The lowest BCUT2D eigenvalue weighted by molar-refractivity contribution is 0.469. The van der Waals surface area contributed by atoms with Gasteiger partial charge in [0.25, 0.3) is 0 Å². The second kappa shape index (κ2) is 7.61. The Morgan fingerprint density at radius 2 is 1.14 bits per heavy atom. The minimum absolute atomic E-state index is 0.166. The average Bonchev–Trinajstić information content (AvgIpc) is 2.75. The van der Waals surface area contributed by atoms with Crippen LogP contribution in [0, 0.1) is 0 Å². The van der Waals surface area contributed by atoms with Gasteiger partial charge in [0.05, 0.1) is 0 Å². The molecule has 138 valence electrons. The smallest absolute Gasteiger partial charge is 0.124 e. The molecule has 0 radical (unpaired) electrons. The molecular formula is C26H22O2. The molecule has 4 aromatic rings. The molecule has 2 nitrogen and oxygen atoms in total. The van der Waals surface area contributed by atoms with Gasteiger partial charge in [0, 0.05) is 11.1 Å². The van der Waals surface area contributed by atoms with Gasteiger partial charge in [-0.05, 0) is 46.4 Å². The molecule has 0 fully saturated rings. The molecule has 0 saturated carbocycles. The second-order valence-corrected chi connectivity index (χ2v) is 6.77. The Morgan fingerprint density at radius 3 is 1.75 bits per heavy atom. The number of rotatable bonds is 4. The van der Waals surface area contributed by atoms with E-state index in [1.807, 2.05) is 54.6 Å². The molecular weight excluding hydrogens is 344 g/mol. The van der Waals surface area contributed by atoms with Gasteiger partial charge in [-0.25, -0.2) is 0 Å². The van der Waals surface area contributed by atoms with Crippen LogP contribution in [0.5, 0.6) is 11.5 Å². The van der Waals surface area contributed by atoms with Gasteiger partial charge in [0.2, 0.25) is 0 Å². The van der Waals surface area contributed by atoms with Crippen LogP contribution in [0.3, 0.4) is 0 Å². The van der Waals surface area contributed by atoms with Crippen molar-refractivity contribution in [2.24, 2.45) is 0 Å². The molecule has 0 amide bonds. The van der Waals surface area contributed by atoms with Crippen molar-refractivity contribution in [1.82, 2.24) is 0 Å². The van der Waals surface area contributed by atoms with Crippen molar-refractivity contribution in [1.29, 1.82) is 0 Å². The molecule has 0 aliphatic heterocycles. The van der Waals surface area contributed by atoms with Crippen LogP contribution in [0.4, 0.5) is 0 Å². The number of benzene rings is 4. The number of phenolic OH excluding ortho intramolecular Hbond substituents is 2. The molecule has 2 N–H and O–H groups in total. The summed E-state index contributed by atoms with van der Waals surface area (Å²) in [6, 6.07) is 29.3. The highest BCUT2D eigenvalue weighted by Crippen LogP contribution is 2.46. The van der Waals surface area contributed by atoms with E-state index in [-0.39, 0.29) is 11.5 Å². The van der Waals surface area contributed by atoms with Gasteiger partial charge >= 0.3 is 0 Å². The fourth-order valence-electron chi connectivity index (χ4n) is 3.84. The van der Waals surface area contributed by atoms with Crippen LogP contribution in [0.15, 0.2) is 91.0 Å². The van der Waals surface area contributed by atoms with E-state index in [1.54, 1.807) is 12.1 Å². The molecule has 0 bridgehead atoms. The highest BCUT2D eigenvalue weighted by Gasteiger charge is 2.21. The molecule has 4 rings (SSSR count). The first-order valence-electron chi connectivity index (χ1n) is 9.48. The Balaban J connectivity index is 2.11. The number of phenols is 2. The second-order valence-electron chi connectivity index (χ2n) is 6.77. The number of hydrogen-bond acceptors (Lipinski definition) is 2. The predicted octanol–water partition coefficient (Wildman–Crippen LogP) is 6.66. The maximum absolute atomic E-state index is 11.0. The lowest BCUT2D eigenvalue weighted by Gasteiger charge is -2.21. The maximum atomic E-state index is 11.0. The van der Waals surface area contributed by atoms with E-state index in [0.29, 0.717) is 11.1 Å². The number of aromatic hydroxyl groups is 2. The van der Waals surface area contributed by atoms with Gasteiger partial charge in [-0.3, -0.25) is 0 Å². The zero-order chi connectivity index (χ0) is 19.5. The Morgan fingerprint density at radius 1 is 0.571 bits per heavy atom. The van der Waals surface area contributed by atoms with Gasteiger partial charge in [0.15, 0.2) is 0 Å². The molecule has 28 heavy (non-hydrogen) atoms. The van der Waals surface area contributed by atoms with E-state index in [1.165, 1.54) is 0 Å². The summed E-state index contributed by atoms with van der Waals surface area (Å²) in [6.45, 7) is 2.08.